The van der Waals surface area contributed by atoms with E-state index in [1.807, 2.05) is 0 Å². The van der Waals surface area contributed by atoms with Crippen molar-refractivity contribution < 1.29 is 57.1 Å². The van der Waals surface area contributed by atoms with Crippen molar-refractivity contribution in [2.24, 2.45) is 0 Å². The van der Waals surface area contributed by atoms with Gasteiger partial charge in [0.1, 0.15) is 30.2 Å². The molecule has 1 aliphatic heterocycles. The monoisotopic (exact) mass is 506 g/mol. The van der Waals surface area contributed by atoms with Crippen LogP contribution < -0.4 is 10.6 Å². The number of ether oxygens (including phenoxy) is 1. The van der Waals surface area contributed by atoms with Gasteiger partial charge in [0.2, 0.25) is 0 Å². The summed E-state index contributed by atoms with van der Waals surface area (Å²) in [7, 11) is -16.1. The van der Waals surface area contributed by atoms with Gasteiger partial charge in [-0.25, -0.2) is 28.6 Å². The highest BCUT2D eigenvalue weighted by molar-refractivity contribution is 7.70. The van der Waals surface area contributed by atoms with E-state index in [1.54, 1.807) is 0 Å². The zero-order chi connectivity index (χ0) is 23.2. The van der Waals surface area contributed by atoms with Crippen LogP contribution in [0.5, 0.6) is 0 Å². The number of nitrogens with zero attached hydrogens (tertiary/aromatic N) is 4. The number of fused-ring (bicyclic) bond motifs is 1. The molecule has 18 nitrogen and oxygen atoms in total. The average Bonchev–Trinajstić information content (AvgIpc) is 3.13. The number of nitrogens with two attached hydrogens (primary N) is 1. The summed E-state index contributed by atoms with van der Waals surface area (Å²) in [4.78, 5) is 48.5. The topological polar surface area (TPSA) is 282 Å². The number of phosphoric acid groups is 1. The highest BCUT2D eigenvalue weighted by atomic mass is 31.3. The van der Waals surface area contributed by atoms with E-state index in [-0.39, 0.29) is 17.0 Å². The third-order valence-electron chi connectivity index (χ3n) is 3.87. The van der Waals surface area contributed by atoms with E-state index in [0.717, 1.165) is 11.2 Å². The molecule has 0 radical (unpaired) electrons. The fourth-order valence-electron chi connectivity index (χ4n) is 2.67. The summed E-state index contributed by atoms with van der Waals surface area (Å²) in [6, 6.07) is 0. The van der Waals surface area contributed by atoms with Crippen LogP contribution in [0, 0.1) is 0 Å². The van der Waals surface area contributed by atoms with E-state index in [1.165, 1.54) is 10.9 Å². The maximum atomic E-state index is 11.8. The Kier molecular flexibility index (Phi) is 6.68. The van der Waals surface area contributed by atoms with Crippen LogP contribution in [0.4, 0.5) is 5.82 Å². The molecule has 0 spiro atoms. The largest absolute Gasteiger partial charge is 0.480 e. The molecule has 0 aliphatic carbocycles. The number of anilines is 1. The molecule has 9 N–H and O–H groups in total. The van der Waals surface area contributed by atoms with Gasteiger partial charge in [0.15, 0.2) is 17.7 Å². The van der Waals surface area contributed by atoms with Crippen LogP contribution in [0.3, 0.4) is 0 Å². The molecule has 2 aromatic heterocycles. The Labute approximate surface area is 172 Å². The van der Waals surface area contributed by atoms with E-state index in [9.17, 15) is 33.7 Å². The number of imidazole rings is 1. The predicted molar refractivity (Wildman–Crippen MR) is 97.5 cm³/mol. The summed E-state index contributed by atoms with van der Waals surface area (Å²) in [6.07, 6.45) is -3.62. The first-order valence-corrected chi connectivity index (χ1v) is 12.7. The van der Waals surface area contributed by atoms with Gasteiger partial charge in [0.25, 0.3) is 0 Å². The summed E-state index contributed by atoms with van der Waals surface area (Å²) < 4.78 is 48.9. The second kappa shape index (κ2) is 8.53. The van der Waals surface area contributed by atoms with E-state index in [0.29, 0.717) is 0 Å². The van der Waals surface area contributed by atoms with Crippen LogP contribution in [0.2, 0.25) is 0 Å². The van der Waals surface area contributed by atoms with Crippen molar-refractivity contribution in [1.29, 1.82) is 0 Å². The summed E-state index contributed by atoms with van der Waals surface area (Å²) in [5.74, 6) is 0.0485. The fraction of sp³-hybridized carbons (Fsp3) is 0.500. The molecule has 4 unspecified atom stereocenters. The Morgan fingerprint density at radius 1 is 1.13 bits per heavy atom. The van der Waals surface area contributed by atoms with Gasteiger partial charge in [0.05, 0.1) is 12.9 Å². The summed E-state index contributed by atoms with van der Waals surface area (Å²) >= 11 is 0. The van der Waals surface area contributed by atoms with Crippen molar-refractivity contribution in [2.45, 2.75) is 24.5 Å². The van der Waals surface area contributed by atoms with Crippen LogP contribution in [-0.2, 0) is 27.3 Å². The molecule has 1 saturated heterocycles. The van der Waals surface area contributed by atoms with Gasteiger partial charge in [-0.1, -0.05) is 0 Å². The average molecular weight is 506 g/mol. The number of rotatable bonds is 8. The first-order valence-electron chi connectivity index (χ1n) is 8.00. The van der Waals surface area contributed by atoms with Crippen molar-refractivity contribution in [3.8, 4) is 0 Å². The third kappa shape index (κ3) is 5.71. The highest BCUT2D eigenvalue weighted by Crippen LogP contribution is 2.61. The molecule has 0 aromatic carbocycles. The summed E-state index contributed by atoms with van der Waals surface area (Å²) in [5.41, 5.74) is 6.02. The van der Waals surface area contributed by atoms with Gasteiger partial charge in [-0.15, -0.1) is 4.86 Å². The normalized spacial score (nSPS) is 28.5. The summed E-state index contributed by atoms with van der Waals surface area (Å²) in [5, 5.41) is 20.4. The van der Waals surface area contributed by atoms with Gasteiger partial charge in [0, 0.05) is 0 Å². The Balaban J connectivity index is 1.69. The lowest BCUT2D eigenvalue weighted by molar-refractivity contribution is -0.0502. The molecule has 6 atom stereocenters. The molecule has 3 heterocycles. The quantitative estimate of drug-likeness (QED) is 0.179. The van der Waals surface area contributed by atoms with Crippen LogP contribution in [0.15, 0.2) is 12.7 Å². The lowest BCUT2D eigenvalue weighted by atomic mass is 10.1. The number of nitrogen functional groups attached to an aromatic ring is 1. The van der Waals surface area contributed by atoms with Crippen molar-refractivity contribution >= 4 is 40.3 Å². The number of aliphatic hydroxyl groups excluding tert-OH is 2. The minimum atomic E-state index is -5.45. The van der Waals surface area contributed by atoms with Crippen molar-refractivity contribution in [2.75, 3.05) is 12.3 Å². The van der Waals surface area contributed by atoms with Crippen LogP contribution in [-0.4, -0.2) is 74.2 Å². The van der Waals surface area contributed by atoms with E-state index < -0.39 is 54.5 Å². The minimum Gasteiger partial charge on any atom is -0.387 e. The number of aromatic nitrogens is 4. The first-order chi connectivity index (χ1) is 14.2. The number of hydrogen-bond donors (Lipinski definition) is 8. The molecule has 31 heavy (non-hydrogen) atoms. The van der Waals surface area contributed by atoms with E-state index in [2.05, 4.69) is 23.8 Å². The lowest BCUT2D eigenvalue weighted by Crippen LogP contribution is -2.33. The number of hydrogen-bond acceptors (Lipinski definition) is 12. The van der Waals surface area contributed by atoms with Crippen LogP contribution in [0.1, 0.15) is 6.23 Å². The number of phosphoric ester groups is 1. The Bertz CT molecular complexity index is 1110. The van der Waals surface area contributed by atoms with Crippen LogP contribution in [0.25, 0.3) is 11.2 Å². The van der Waals surface area contributed by atoms with Gasteiger partial charge >= 0.3 is 23.3 Å². The molecule has 0 amide bonds. The zero-order valence-corrected chi connectivity index (χ0v) is 17.7. The summed E-state index contributed by atoms with van der Waals surface area (Å²) in [6.45, 7) is -0.928. The van der Waals surface area contributed by atoms with Gasteiger partial charge < -0.3 is 40.3 Å². The highest BCUT2D eigenvalue weighted by Gasteiger charge is 2.46. The smallest absolute Gasteiger partial charge is 0.387 e. The maximum Gasteiger partial charge on any atom is 0.480 e. The van der Waals surface area contributed by atoms with Gasteiger partial charge in [-0.3, -0.25) is 9.09 Å². The predicted octanol–water partition coefficient (Wildman–Crippen LogP) is -2.06. The Morgan fingerprint density at radius 3 is 2.45 bits per heavy atom. The lowest BCUT2D eigenvalue weighted by Gasteiger charge is -2.19. The SMILES string of the molecule is Nc1ncnc2c1ncn2C1OC(COP(=O)(O)OP(=O)(O)NP(=O)(O)O)[C@@H](O)[C@H]1O. The molecular formula is C10H17N6O12P3. The molecular weight excluding hydrogens is 489 g/mol. The van der Waals surface area contributed by atoms with E-state index in [4.69, 9.17) is 20.3 Å². The number of nitrogens with one attached hydrogen (secondary N) is 1. The zero-order valence-electron chi connectivity index (χ0n) is 15.0. The Hall–Kier alpha value is -1.36. The first kappa shape index (κ1) is 24.3. The second-order valence-corrected chi connectivity index (χ2v) is 10.9. The number of aliphatic hydroxyl groups is 2. The van der Waals surface area contributed by atoms with Crippen molar-refractivity contribution in [3.05, 3.63) is 12.7 Å². The van der Waals surface area contributed by atoms with E-state index >= 15 is 0 Å². The van der Waals surface area contributed by atoms with Crippen LogP contribution >= 0.6 is 23.3 Å². The molecule has 1 fully saturated rings. The minimum absolute atomic E-state index is 0.0485. The Morgan fingerprint density at radius 2 is 1.81 bits per heavy atom. The molecule has 174 valence electrons. The molecule has 3 rings (SSSR count). The molecule has 1 aliphatic rings. The molecule has 0 bridgehead atoms. The molecule has 21 heteroatoms. The maximum absolute atomic E-state index is 11.8. The fourth-order valence-corrected chi connectivity index (χ4v) is 6.10. The second-order valence-electron chi connectivity index (χ2n) is 6.14. The van der Waals surface area contributed by atoms with Gasteiger partial charge in [-0.05, 0) is 0 Å². The molecule has 2 aromatic rings. The third-order valence-corrected chi connectivity index (χ3v) is 8.11. The van der Waals surface area contributed by atoms with Crippen molar-refractivity contribution in [1.82, 2.24) is 24.4 Å². The molecule has 0 saturated carbocycles. The standard InChI is InChI=1S/C10H17N6O12P3/c11-8-5-9(13-2-12-8)16(3-14-5)10-7(18)6(17)4(27-10)1-26-31(24,25)28-30(22,23)15-29(19,20)21/h2-4,6-7,10,17-18H,1H2,(H,24,25)(H2,11,12,13)(H4,15,19,20,21,22,23)/t4?,6-,7-,10?/m1/s1. The van der Waals surface area contributed by atoms with Gasteiger partial charge in [-0.2, -0.15) is 4.31 Å². The van der Waals surface area contributed by atoms with Crippen molar-refractivity contribution in [3.63, 3.8) is 0 Å².